The summed E-state index contributed by atoms with van der Waals surface area (Å²) >= 11 is 1.25. The second-order valence-corrected chi connectivity index (χ2v) is 16.2. The van der Waals surface area contributed by atoms with Crippen LogP contribution < -0.4 is 11.1 Å². The van der Waals surface area contributed by atoms with Crippen LogP contribution in [-0.2, 0) is 52.8 Å². The van der Waals surface area contributed by atoms with E-state index < -0.39 is 103 Å². The van der Waals surface area contributed by atoms with Gasteiger partial charge in [0, 0.05) is 11.7 Å². The van der Waals surface area contributed by atoms with Crippen LogP contribution in [0.25, 0.3) is 0 Å². The Labute approximate surface area is 273 Å². The number of carbonyl (C=O) groups is 6. The van der Waals surface area contributed by atoms with Gasteiger partial charge in [-0.3, -0.25) is 19.2 Å². The highest BCUT2D eigenvalue weighted by Crippen LogP contribution is 2.51. The number of rotatable bonds is 9. The van der Waals surface area contributed by atoms with Gasteiger partial charge >= 0.3 is 17.9 Å². The second kappa shape index (κ2) is 12.2. The van der Waals surface area contributed by atoms with Gasteiger partial charge in [-0.1, -0.05) is 12.1 Å². The van der Waals surface area contributed by atoms with Crippen molar-refractivity contribution in [3.8, 4) is 5.75 Å². The van der Waals surface area contributed by atoms with Gasteiger partial charge in [-0.2, -0.15) is 0 Å². The third-order valence-corrected chi connectivity index (χ3v) is 12.8. The molecule has 4 fully saturated rings. The molecule has 7 atom stereocenters. The average Bonchev–Trinajstić information content (AvgIpc) is 3.30. The van der Waals surface area contributed by atoms with E-state index in [1.807, 2.05) is 0 Å². The lowest BCUT2D eigenvalue weighted by Gasteiger charge is -2.44. The number of β-lactam (4-membered cyclic amide) rings is 2. The number of nitrogens with one attached hydrogen (secondary N) is 1. The van der Waals surface area contributed by atoms with Gasteiger partial charge in [0.05, 0.1) is 6.42 Å². The number of hydrogen-bond acceptors (Lipinski definition) is 14. The number of aromatic hydroxyl groups is 1. The molecule has 4 N–H and O–H groups in total. The van der Waals surface area contributed by atoms with Crippen LogP contribution in [0.5, 0.6) is 5.75 Å². The van der Waals surface area contributed by atoms with Crippen molar-refractivity contribution in [3.05, 3.63) is 29.8 Å². The number of sulfone groups is 1. The summed E-state index contributed by atoms with van der Waals surface area (Å²) in [6.07, 6.45) is -0.333. The highest BCUT2D eigenvalue weighted by molar-refractivity contribution is 8.01. The van der Waals surface area contributed by atoms with Crippen molar-refractivity contribution >= 4 is 69.6 Å². The molecule has 0 radical (unpaired) electrons. The minimum absolute atomic E-state index is 0. The van der Waals surface area contributed by atoms with Gasteiger partial charge in [-0.25, -0.2) is 18.0 Å². The summed E-state index contributed by atoms with van der Waals surface area (Å²) in [5, 5.41) is 10.2. The number of nitrogens with zero attached hydrogens (tertiary/aromatic N) is 2. The maximum Gasteiger partial charge on any atom is 0.333 e. The fourth-order valence-corrected chi connectivity index (χ4v) is 9.89. The van der Waals surface area contributed by atoms with Crippen LogP contribution in [0.15, 0.2) is 24.3 Å². The van der Waals surface area contributed by atoms with E-state index in [1.54, 1.807) is 13.8 Å². The molecule has 0 saturated carbocycles. The Morgan fingerprint density at radius 1 is 1.04 bits per heavy atom. The van der Waals surface area contributed by atoms with E-state index in [2.05, 4.69) is 5.32 Å². The van der Waals surface area contributed by atoms with Crippen LogP contribution in [0.2, 0.25) is 0 Å². The van der Waals surface area contributed by atoms with Gasteiger partial charge in [0.25, 0.3) is 0 Å². The maximum atomic E-state index is 13.2. The predicted molar refractivity (Wildman–Crippen MR) is 160 cm³/mol. The van der Waals surface area contributed by atoms with Crippen molar-refractivity contribution in [1.82, 2.24) is 15.1 Å². The molecule has 46 heavy (non-hydrogen) atoms. The fourth-order valence-electron chi connectivity index (χ4n) is 6.01. The number of esters is 3. The molecular weight excluding hydrogens is 672 g/mol. The van der Waals surface area contributed by atoms with E-state index >= 15 is 0 Å². The van der Waals surface area contributed by atoms with Crippen molar-refractivity contribution in [2.45, 2.75) is 78.5 Å². The monoisotopic (exact) mass is 704 g/mol. The molecule has 0 aromatic heterocycles. The summed E-state index contributed by atoms with van der Waals surface area (Å²) in [6.45, 7) is 3.99. The minimum atomic E-state index is -4.14. The number of nitrogens with two attached hydrogens (primary N) is 1. The van der Waals surface area contributed by atoms with Crippen LogP contribution in [0, 0.1) is 0 Å². The Bertz CT molecular complexity index is 1590. The third kappa shape index (κ3) is 5.54. The normalized spacial score (nSPS) is 30.4. The number of ether oxygens (including phenoxy) is 3. The van der Waals surface area contributed by atoms with E-state index in [1.165, 1.54) is 47.9 Å². The molecule has 4 saturated heterocycles. The van der Waals surface area contributed by atoms with Gasteiger partial charge in [0.1, 0.15) is 46.0 Å². The molecule has 0 bridgehead atoms. The van der Waals surface area contributed by atoms with Crippen LogP contribution in [0.3, 0.4) is 0 Å². The van der Waals surface area contributed by atoms with Crippen molar-refractivity contribution in [2.24, 2.45) is 5.73 Å². The molecule has 1 aromatic rings. The standard InChI is InChI=1S/C27H32N4O12S2.ClH/c1-12(32)41-10-27(4)20(30-15(34)9-16(30)45(27,39)40)25(38)43-11-42-24(37)19-26(2,3)44-23-18(22(36)31(19)23)29-21(35)17(28)13-5-7-14(33)8-6-13;/h5-8,16-20,23,33H,9-11,28H2,1-4H3,(H,29,35);1H/t16-,17?,18-,19+,20+,23-,27+;/m1./s1. The molecule has 16 nitrogen and oxygen atoms in total. The molecule has 1 unspecified atom stereocenters. The van der Waals surface area contributed by atoms with E-state index in [-0.39, 0.29) is 24.6 Å². The van der Waals surface area contributed by atoms with Gasteiger partial charge in [-0.05, 0) is 38.5 Å². The molecule has 4 heterocycles. The van der Waals surface area contributed by atoms with Crippen LogP contribution in [0.4, 0.5) is 0 Å². The summed E-state index contributed by atoms with van der Waals surface area (Å²) in [5.74, 6) is -4.67. The van der Waals surface area contributed by atoms with E-state index in [0.717, 1.165) is 11.8 Å². The first-order valence-corrected chi connectivity index (χ1v) is 16.2. The average molecular weight is 705 g/mol. The number of phenolic OH excluding ortho intramolecular Hbond substituents is 1. The Balaban J connectivity index is 0.00000480. The van der Waals surface area contributed by atoms with Crippen LogP contribution in [-0.4, -0.2) is 111 Å². The van der Waals surface area contributed by atoms with Gasteiger partial charge in [0.2, 0.25) is 24.5 Å². The minimum Gasteiger partial charge on any atom is -0.508 e. The molecule has 4 aliphatic rings. The molecule has 3 amide bonds. The van der Waals surface area contributed by atoms with Crippen molar-refractivity contribution in [2.75, 3.05) is 13.4 Å². The molecule has 0 aliphatic carbocycles. The third-order valence-electron chi connectivity index (χ3n) is 8.50. The zero-order valence-corrected chi connectivity index (χ0v) is 27.5. The number of phenols is 1. The SMILES string of the molecule is CC(=O)OC[C@@]1(C)[C@H](C(=O)OCOC(=O)[C@@H]2N3C(=O)[C@@H](NC(=O)C(N)c4ccc(O)cc4)[C@H]3SC2(C)C)N2C(=O)C[C@H]2S1(=O)=O.Cl. The number of fused-ring (bicyclic) bond motifs is 2. The number of amides is 3. The number of halogens is 1. The van der Waals surface area contributed by atoms with E-state index in [0.29, 0.717) is 5.56 Å². The first-order valence-electron chi connectivity index (χ1n) is 13.8. The Hall–Kier alpha value is -3.61. The quantitative estimate of drug-likeness (QED) is 0.161. The zero-order chi connectivity index (χ0) is 33.2. The Morgan fingerprint density at radius 2 is 1.63 bits per heavy atom. The Kier molecular flexibility index (Phi) is 9.35. The highest BCUT2D eigenvalue weighted by atomic mass is 35.5. The number of benzene rings is 1. The second-order valence-electron chi connectivity index (χ2n) is 11.9. The van der Waals surface area contributed by atoms with Gasteiger partial charge in [0.15, 0.2) is 15.9 Å². The number of hydrogen-bond donors (Lipinski definition) is 3. The summed E-state index contributed by atoms with van der Waals surface area (Å²) in [6, 6.07) is 0.847. The van der Waals surface area contributed by atoms with Crippen molar-refractivity contribution < 1.29 is 56.5 Å². The maximum absolute atomic E-state index is 13.2. The summed E-state index contributed by atoms with van der Waals surface area (Å²) < 4.78 is 38.6. The molecule has 19 heteroatoms. The predicted octanol–water partition coefficient (Wildman–Crippen LogP) is -0.918. The lowest BCUT2D eigenvalue weighted by Crippen LogP contribution is -2.71. The molecule has 0 spiro atoms. The molecule has 5 rings (SSSR count). The number of thioether (sulfide) groups is 1. The Morgan fingerprint density at radius 3 is 2.20 bits per heavy atom. The lowest BCUT2D eigenvalue weighted by molar-refractivity contribution is -0.182. The lowest BCUT2D eigenvalue weighted by atomic mass is 9.95. The number of carbonyl (C=O) groups excluding carboxylic acids is 6. The summed E-state index contributed by atoms with van der Waals surface area (Å²) in [5.41, 5.74) is 6.44. The van der Waals surface area contributed by atoms with Crippen molar-refractivity contribution in [1.29, 1.82) is 0 Å². The molecule has 252 valence electrons. The first kappa shape index (κ1) is 35.2. The molecule has 1 aromatic carbocycles. The van der Waals surface area contributed by atoms with Gasteiger partial charge < -0.3 is 40.2 Å². The van der Waals surface area contributed by atoms with Crippen LogP contribution >= 0.6 is 24.2 Å². The topological polar surface area (TPSA) is 229 Å². The zero-order valence-electron chi connectivity index (χ0n) is 25.0. The fraction of sp³-hybridized carbons (Fsp3) is 0.556. The smallest absolute Gasteiger partial charge is 0.333 e. The summed E-state index contributed by atoms with van der Waals surface area (Å²) in [7, 11) is -4.14. The largest absolute Gasteiger partial charge is 0.508 e. The summed E-state index contributed by atoms with van der Waals surface area (Å²) in [4.78, 5) is 78.0. The van der Waals surface area contributed by atoms with Gasteiger partial charge in [-0.15, -0.1) is 24.2 Å². The van der Waals surface area contributed by atoms with E-state index in [4.69, 9.17) is 19.9 Å². The first-order chi connectivity index (χ1) is 20.9. The van der Waals surface area contributed by atoms with Crippen LogP contribution in [0.1, 0.15) is 45.7 Å². The van der Waals surface area contributed by atoms with E-state index in [9.17, 15) is 42.3 Å². The molecule has 4 aliphatic heterocycles. The van der Waals surface area contributed by atoms with Crippen molar-refractivity contribution in [3.63, 3.8) is 0 Å². The molecular formula is C27H33ClN4O12S2. The highest BCUT2D eigenvalue weighted by Gasteiger charge is 2.71.